The highest BCUT2D eigenvalue weighted by Gasteiger charge is 2.44. The molecular weight excluding hydrogens is 580 g/mol. The van der Waals surface area contributed by atoms with Gasteiger partial charge in [-0.1, -0.05) is 101 Å². The predicted octanol–water partition coefficient (Wildman–Crippen LogP) is 9.11. The van der Waals surface area contributed by atoms with E-state index in [9.17, 15) is 14.7 Å². The van der Waals surface area contributed by atoms with Gasteiger partial charge in [-0.05, 0) is 58.1 Å². The lowest BCUT2D eigenvalue weighted by atomic mass is 9.84. The number of hydrogen-bond acceptors (Lipinski definition) is 7. The van der Waals surface area contributed by atoms with E-state index in [1.807, 2.05) is 13.8 Å². The monoisotopic (exact) mass is 638 g/mol. The molecule has 0 spiro atoms. The number of furan rings is 1. The zero-order valence-corrected chi connectivity index (χ0v) is 28.8. The van der Waals surface area contributed by atoms with E-state index in [0.29, 0.717) is 34.8 Å². The van der Waals surface area contributed by atoms with E-state index < -0.39 is 42.1 Å². The molecule has 5 atom stereocenters. The van der Waals surface area contributed by atoms with Gasteiger partial charge in [0.25, 0.3) is 0 Å². The Kier molecular flexibility index (Phi) is 16.1. The fourth-order valence-electron chi connectivity index (χ4n) is 6.50. The standard InChI is InChI=1S/C39H58O7/c1-7-8-9-10-11-12-13-14-15-16-17-18-19-20-21-22-23-44-37-31-26-34(46-39(31)42)35(28(4)5)33-25-30(38(41)43-6)32(45-33)24-29(27(2)3)36(37)40/h14-15,25-26,29,34-37,40H,2,4,7-13,16-24H2,1,3,5-6H3/b15-14-/t29-,34-,35+,36-,37-/m1/s1. The molecule has 46 heavy (non-hydrogen) atoms. The highest BCUT2D eigenvalue weighted by atomic mass is 16.6. The van der Waals surface area contributed by atoms with Crippen molar-refractivity contribution in [3.63, 3.8) is 0 Å². The van der Waals surface area contributed by atoms with E-state index in [4.69, 9.17) is 18.6 Å². The largest absolute Gasteiger partial charge is 0.465 e. The second kappa shape index (κ2) is 19.7. The number of ether oxygens (including phenoxy) is 3. The maximum atomic E-state index is 13.2. The molecule has 2 aliphatic rings. The summed E-state index contributed by atoms with van der Waals surface area (Å²) in [6.45, 7) is 14.5. The molecule has 0 unspecified atom stereocenters. The molecule has 1 N–H and O–H groups in total. The van der Waals surface area contributed by atoms with Gasteiger partial charge in [0, 0.05) is 18.9 Å². The number of hydrogen-bond donors (Lipinski definition) is 1. The number of methoxy groups -OCH3 is 1. The third-order valence-corrected chi connectivity index (χ3v) is 9.24. The van der Waals surface area contributed by atoms with Crippen molar-refractivity contribution >= 4 is 11.9 Å². The van der Waals surface area contributed by atoms with Crippen molar-refractivity contribution in [3.8, 4) is 0 Å². The first-order valence-electron chi connectivity index (χ1n) is 17.6. The van der Waals surface area contributed by atoms with Crippen LogP contribution in [-0.2, 0) is 25.4 Å². The molecule has 256 valence electrons. The van der Waals surface area contributed by atoms with Gasteiger partial charge in [0.1, 0.15) is 29.3 Å². The van der Waals surface area contributed by atoms with Crippen LogP contribution < -0.4 is 0 Å². The van der Waals surface area contributed by atoms with Gasteiger partial charge in [-0.3, -0.25) is 0 Å². The van der Waals surface area contributed by atoms with E-state index in [-0.39, 0.29) is 12.0 Å². The quantitative estimate of drug-likeness (QED) is 0.0865. The summed E-state index contributed by atoms with van der Waals surface area (Å²) >= 11 is 0. The van der Waals surface area contributed by atoms with Gasteiger partial charge in [-0.2, -0.15) is 0 Å². The first kappa shape index (κ1) is 37.6. The Morgan fingerprint density at radius 1 is 0.957 bits per heavy atom. The van der Waals surface area contributed by atoms with Crippen LogP contribution in [0.15, 0.2) is 58.6 Å². The molecule has 0 aliphatic carbocycles. The average Bonchev–Trinajstić information content (AvgIpc) is 3.60. The molecule has 7 heteroatoms. The number of carbonyl (C=O) groups is 2. The number of unbranched alkanes of at least 4 members (excludes halogenated alkanes) is 12. The van der Waals surface area contributed by atoms with Crippen molar-refractivity contribution in [2.75, 3.05) is 13.7 Å². The van der Waals surface area contributed by atoms with E-state index in [1.165, 1.54) is 71.3 Å². The van der Waals surface area contributed by atoms with E-state index in [1.54, 1.807) is 12.1 Å². The van der Waals surface area contributed by atoms with Gasteiger partial charge in [-0.25, -0.2) is 9.59 Å². The molecular formula is C39H58O7. The molecule has 4 bridgehead atoms. The lowest BCUT2D eigenvalue weighted by Gasteiger charge is -2.30. The summed E-state index contributed by atoms with van der Waals surface area (Å²) in [5, 5.41) is 11.7. The van der Waals surface area contributed by atoms with Crippen LogP contribution in [0.2, 0.25) is 0 Å². The van der Waals surface area contributed by atoms with Crippen molar-refractivity contribution in [2.24, 2.45) is 5.92 Å². The molecule has 0 fully saturated rings. The zero-order valence-electron chi connectivity index (χ0n) is 28.8. The van der Waals surface area contributed by atoms with Gasteiger partial charge in [0.2, 0.25) is 0 Å². The van der Waals surface area contributed by atoms with Crippen LogP contribution in [-0.4, -0.2) is 49.1 Å². The molecule has 0 aromatic carbocycles. The third kappa shape index (κ3) is 10.8. The van der Waals surface area contributed by atoms with Crippen molar-refractivity contribution in [2.45, 2.75) is 141 Å². The summed E-state index contributed by atoms with van der Waals surface area (Å²) in [7, 11) is 1.32. The van der Waals surface area contributed by atoms with Crippen LogP contribution in [0.3, 0.4) is 0 Å². The number of allylic oxidation sites excluding steroid dienone is 2. The van der Waals surface area contributed by atoms with Gasteiger partial charge in [0.15, 0.2) is 0 Å². The Hall–Kier alpha value is -2.90. The number of fused-ring (bicyclic) bond motifs is 3. The average molecular weight is 639 g/mol. The third-order valence-electron chi connectivity index (χ3n) is 9.24. The molecule has 1 aromatic rings. The predicted molar refractivity (Wildman–Crippen MR) is 183 cm³/mol. The lowest BCUT2D eigenvalue weighted by Crippen LogP contribution is -2.40. The number of carbonyl (C=O) groups excluding carboxylic acids is 2. The molecule has 0 radical (unpaired) electrons. The van der Waals surface area contributed by atoms with Crippen molar-refractivity contribution in [3.05, 3.63) is 71.3 Å². The summed E-state index contributed by atoms with van der Waals surface area (Å²) in [5.41, 5.74) is 1.98. The summed E-state index contributed by atoms with van der Waals surface area (Å²) in [6.07, 6.45) is 20.9. The van der Waals surface area contributed by atoms with Gasteiger partial charge in [0.05, 0.1) is 24.7 Å². The SMILES string of the molecule is C=C(C)[C@H]1Cc2oc(cc2C(=O)OC)[C@H](C(=C)C)[C@H]2C=C(C(=O)O2)[C@@H](OCCCCCCCC/C=C\CCCCCCCC)[C@@H]1O. The van der Waals surface area contributed by atoms with Crippen LogP contribution in [0, 0.1) is 5.92 Å². The van der Waals surface area contributed by atoms with Crippen LogP contribution in [0.25, 0.3) is 0 Å². The minimum absolute atomic E-state index is 0.199. The normalized spacial score (nSPS) is 22.8. The Morgan fingerprint density at radius 3 is 2.15 bits per heavy atom. The topological polar surface area (TPSA) is 95.2 Å². The first-order chi connectivity index (χ1) is 22.2. The summed E-state index contributed by atoms with van der Waals surface area (Å²) in [6, 6.07) is 1.63. The Morgan fingerprint density at radius 2 is 1.57 bits per heavy atom. The fourth-order valence-corrected chi connectivity index (χ4v) is 6.50. The second-order valence-corrected chi connectivity index (χ2v) is 13.2. The van der Waals surface area contributed by atoms with E-state index in [0.717, 1.165) is 25.7 Å². The summed E-state index contributed by atoms with van der Waals surface area (Å²) < 4.78 is 23.3. The van der Waals surface area contributed by atoms with Crippen LogP contribution >= 0.6 is 0 Å². The van der Waals surface area contributed by atoms with Gasteiger partial charge in [-0.15, -0.1) is 0 Å². The molecule has 0 amide bonds. The van der Waals surface area contributed by atoms with Crippen molar-refractivity contribution < 1.29 is 33.3 Å². The van der Waals surface area contributed by atoms with E-state index in [2.05, 4.69) is 32.2 Å². The highest BCUT2D eigenvalue weighted by molar-refractivity contribution is 5.93. The minimum Gasteiger partial charge on any atom is -0.465 e. The maximum absolute atomic E-state index is 13.2. The number of esters is 2. The zero-order chi connectivity index (χ0) is 33.5. The second-order valence-electron chi connectivity index (χ2n) is 13.2. The molecule has 0 saturated carbocycles. The van der Waals surface area contributed by atoms with Crippen molar-refractivity contribution in [1.29, 1.82) is 0 Å². The number of rotatable bonds is 20. The van der Waals surface area contributed by atoms with Gasteiger partial charge < -0.3 is 23.7 Å². The fraction of sp³-hybridized carbons (Fsp3) is 0.641. The minimum atomic E-state index is -1.11. The molecule has 2 aliphatic heterocycles. The smallest absolute Gasteiger partial charge is 0.341 e. The van der Waals surface area contributed by atoms with Gasteiger partial charge >= 0.3 is 11.9 Å². The summed E-state index contributed by atoms with van der Waals surface area (Å²) in [4.78, 5) is 25.9. The summed E-state index contributed by atoms with van der Waals surface area (Å²) in [5.74, 6) is -1.26. The van der Waals surface area contributed by atoms with E-state index >= 15 is 0 Å². The Labute approximate surface area is 277 Å². The highest BCUT2D eigenvalue weighted by Crippen LogP contribution is 2.40. The van der Waals surface area contributed by atoms with Crippen molar-refractivity contribution in [1.82, 2.24) is 0 Å². The molecule has 0 saturated heterocycles. The Bertz CT molecular complexity index is 1200. The molecule has 3 rings (SSSR count). The van der Waals surface area contributed by atoms with Crippen LogP contribution in [0.5, 0.6) is 0 Å². The van der Waals surface area contributed by atoms with Crippen LogP contribution in [0.1, 0.15) is 138 Å². The molecule has 1 aromatic heterocycles. The molecule has 3 heterocycles. The lowest BCUT2D eigenvalue weighted by molar-refractivity contribution is -0.143. The number of aliphatic hydroxyl groups excluding tert-OH is 1. The maximum Gasteiger partial charge on any atom is 0.341 e. The molecule has 7 nitrogen and oxygen atoms in total. The first-order valence-corrected chi connectivity index (χ1v) is 17.6. The number of aliphatic hydroxyl groups is 1. The van der Waals surface area contributed by atoms with Crippen LogP contribution in [0.4, 0.5) is 0 Å². The Balaban J connectivity index is 1.54.